The molecule has 2 nitrogen and oxygen atoms in total. The third-order valence-electron chi connectivity index (χ3n) is 2.57. The fourth-order valence-corrected chi connectivity index (χ4v) is 1.73. The van der Waals surface area contributed by atoms with Crippen LogP contribution in [0.1, 0.15) is 25.7 Å². The van der Waals surface area contributed by atoms with Crippen molar-refractivity contribution in [3.05, 3.63) is 0 Å². The molecule has 0 aromatic carbocycles. The summed E-state index contributed by atoms with van der Waals surface area (Å²) in [6.07, 6.45) is 4.38. The highest BCUT2D eigenvalue weighted by Gasteiger charge is 2.28. The summed E-state index contributed by atoms with van der Waals surface area (Å²) in [6, 6.07) is 0. The minimum Gasteiger partial charge on any atom is -0.396 e. The van der Waals surface area contributed by atoms with Gasteiger partial charge in [0, 0.05) is 13.2 Å². The average Bonchev–Trinajstić information content (AvgIpc) is 1.93. The van der Waals surface area contributed by atoms with Crippen LogP contribution in [0.25, 0.3) is 0 Å². The number of aliphatic hydroxyl groups is 2. The highest BCUT2D eigenvalue weighted by Crippen LogP contribution is 2.38. The Hall–Kier alpha value is -0.0800. The molecule has 0 radical (unpaired) electrons. The van der Waals surface area contributed by atoms with Crippen LogP contribution >= 0.6 is 0 Å². The van der Waals surface area contributed by atoms with E-state index in [1.165, 1.54) is 12.8 Å². The minimum absolute atomic E-state index is 0.312. The van der Waals surface area contributed by atoms with Crippen LogP contribution in [0.3, 0.4) is 0 Å². The van der Waals surface area contributed by atoms with Crippen LogP contribution in [-0.4, -0.2) is 23.4 Å². The molecule has 0 spiro atoms. The van der Waals surface area contributed by atoms with E-state index in [9.17, 15) is 0 Å². The van der Waals surface area contributed by atoms with E-state index in [4.69, 9.17) is 10.2 Å². The van der Waals surface area contributed by atoms with Gasteiger partial charge >= 0.3 is 0 Å². The molecular weight excluding hydrogens is 128 g/mol. The number of hydrogen-bond donors (Lipinski definition) is 2. The van der Waals surface area contributed by atoms with Gasteiger partial charge in [0.15, 0.2) is 0 Å². The standard InChI is InChI=1S/C8H16O2/c9-5-3-7-1-2-8(7)4-6-10/h7-10H,1-6H2. The lowest BCUT2D eigenvalue weighted by atomic mass is 9.70. The second kappa shape index (κ2) is 3.94. The smallest absolute Gasteiger partial charge is 0.0433 e. The van der Waals surface area contributed by atoms with Gasteiger partial charge < -0.3 is 10.2 Å². The Balaban J connectivity index is 2.09. The van der Waals surface area contributed by atoms with Crippen molar-refractivity contribution < 1.29 is 10.2 Å². The molecule has 2 N–H and O–H groups in total. The minimum atomic E-state index is 0.312. The van der Waals surface area contributed by atoms with Crippen LogP contribution in [0.2, 0.25) is 0 Å². The van der Waals surface area contributed by atoms with Crippen LogP contribution in [0.15, 0.2) is 0 Å². The fraction of sp³-hybridized carbons (Fsp3) is 1.00. The van der Waals surface area contributed by atoms with Gasteiger partial charge in [-0.1, -0.05) is 0 Å². The van der Waals surface area contributed by atoms with Crippen LogP contribution in [0.4, 0.5) is 0 Å². The quantitative estimate of drug-likeness (QED) is 0.612. The first-order valence-electron chi connectivity index (χ1n) is 4.10. The van der Waals surface area contributed by atoms with Gasteiger partial charge in [-0.3, -0.25) is 0 Å². The molecule has 0 bridgehead atoms. The Bertz CT molecular complexity index is 81.3. The van der Waals surface area contributed by atoms with E-state index in [1.54, 1.807) is 0 Å². The summed E-state index contributed by atoms with van der Waals surface area (Å²) in [7, 11) is 0. The maximum atomic E-state index is 8.63. The summed E-state index contributed by atoms with van der Waals surface area (Å²) in [6.45, 7) is 0.624. The molecule has 0 saturated heterocycles. The second-order valence-corrected chi connectivity index (χ2v) is 3.12. The Morgan fingerprint density at radius 1 is 0.900 bits per heavy atom. The number of aliphatic hydroxyl groups excluding tert-OH is 2. The largest absolute Gasteiger partial charge is 0.396 e. The summed E-state index contributed by atoms with van der Waals surface area (Å²) < 4.78 is 0. The number of hydrogen-bond acceptors (Lipinski definition) is 2. The van der Waals surface area contributed by atoms with Gasteiger partial charge in [-0.05, 0) is 37.5 Å². The molecule has 2 heteroatoms. The lowest BCUT2D eigenvalue weighted by molar-refractivity contribution is 0.102. The van der Waals surface area contributed by atoms with E-state index in [-0.39, 0.29) is 0 Å². The first kappa shape index (κ1) is 8.02. The first-order chi connectivity index (χ1) is 4.88. The maximum Gasteiger partial charge on any atom is 0.0433 e. The summed E-state index contributed by atoms with van der Waals surface area (Å²) in [4.78, 5) is 0. The molecule has 0 aromatic rings. The topological polar surface area (TPSA) is 40.5 Å². The van der Waals surface area contributed by atoms with Gasteiger partial charge in [0.2, 0.25) is 0 Å². The van der Waals surface area contributed by atoms with Crippen LogP contribution in [-0.2, 0) is 0 Å². The molecule has 2 unspecified atom stereocenters. The molecule has 10 heavy (non-hydrogen) atoms. The molecule has 1 rings (SSSR count). The molecule has 0 heterocycles. The van der Waals surface area contributed by atoms with Crippen molar-refractivity contribution in [1.29, 1.82) is 0 Å². The maximum absolute atomic E-state index is 8.63. The summed E-state index contributed by atoms with van der Waals surface area (Å²) in [5.74, 6) is 1.41. The van der Waals surface area contributed by atoms with Crippen LogP contribution in [0.5, 0.6) is 0 Å². The molecule has 2 atom stereocenters. The molecule has 60 valence electrons. The predicted octanol–water partition coefficient (Wildman–Crippen LogP) is 0.777. The summed E-state index contributed by atoms with van der Waals surface area (Å²) in [5, 5.41) is 17.3. The second-order valence-electron chi connectivity index (χ2n) is 3.12. The van der Waals surface area contributed by atoms with E-state index < -0.39 is 0 Å². The van der Waals surface area contributed by atoms with Crippen molar-refractivity contribution in [3.63, 3.8) is 0 Å². The molecule has 0 aromatic heterocycles. The van der Waals surface area contributed by atoms with Crippen LogP contribution in [0, 0.1) is 11.8 Å². The molecule has 0 aliphatic heterocycles. The van der Waals surface area contributed by atoms with E-state index in [0.717, 1.165) is 12.8 Å². The van der Waals surface area contributed by atoms with Gasteiger partial charge in [0.1, 0.15) is 0 Å². The lowest BCUT2D eigenvalue weighted by Crippen LogP contribution is -2.27. The predicted molar refractivity (Wildman–Crippen MR) is 39.6 cm³/mol. The van der Waals surface area contributed by atoms with Crippen molar-refractivity contribution >= 4 is 0 Å². The highest BCUT2D eigenvalue weighted by atomic mass is 16.3. The molecule has 0 amide bonds. The lowest BCUT2D eigenvalue weighted by Gasteiger charge is -2.36. The summed E-state index contributed by atoms with van der Waals surface area (Å²) >= 11 is 0. The van der Waals surface area contributed by atoms with Crippen molar-refractivity contribution in [2.24, 2.45) is 11.8 Å². The van der Waals surface area contributed by atoms with Gasteiger partial charge in [-0.15, -0.1) is 0 Å². The Morgan fingerprint density at radius 2 is 1.30 bits per heavy atom. The van der Waals surface area contributed by atoms with E-state index in [0.29, 0.717) is 25.0 Å². The zero-order valence-corrected chi connectivity index (χ0v) is 6.29. The van der Waals surface area contributed by atoms with Crippen molar-refractivity contribution in [3.8, 4) is 0 Å². The van der Waals surface area contributed by atoms with E-state index in [2.05, 4.69) is 0 Å². The average molecular weight is 144 g/mol. The molecule has 1 aliphatic carbocycles. The molecule has 1 saturated carbocycles. The third-order valence-corrected chi connectivity index (χ3v) is 2.57. The number of rotatable bonds is 4. The van der Waals surface area contributed by atoms with Gasteiger partial charge in [-0.25, -0.2) is 0 Å². The molecule has 1 aliphatic rings. The Morgan fingerprint density at radius 3 is 1.50 bits per heavy atom. The van der Waals surface area contributed by atoms with Gasteiger partial charge in [0.25, 0.3) is 0 Å². The SMILES string of the molecule is OCCC1CCC1CCO. The molecule has 1 fully saturated rings. The van der Waals surface area contributed by atoms with E-state index in [1.807, 2.05) is 0 Å². The zero-order valence-electron chi connectivity index (χ0n) is 6.29. The van der Waals surface area contributed by atoms with Gasteiger partial charge in [0.05, 0.1) is 0 Å². The Kier molecular flexibility index (Phi) is 3.16. The van der Waals surface area contributed by atoms with Gasteiger partial charge in [-0.2, -0.15) is 0 Å². The summed E-state index contributed by atoms with van der Waals surface area (Å²) in [5.41, 5.74) is 0. The normalized spacial score (nSPS) is 31.8. The third kappa shape index (κ3) is 1.70. The first-order valence-corrected chi connectivity index (χ1v) is 4.10. The fourth-order valence-electron chi connectivity index (χ4n) is 1.73. The van der Waals surface area contributed by atoms with Crippen molar-refractivity contribution in [1.82, 2.24) is 0 Å². The van der Waals surface area contributed by atoms with Crippen molar-refractivity contribution in [2.45, 2.75) is 25.7 Å². The Labute approximate surface area is 61.9 Å². The van der Waals surface area contributed by atoms with Crippen molar-refractivity contribution in [2.75, 3.05) is 13.2 Å². The van der Waals surface area contributed by atoms with E-state index >= 15 is 0 Å². The highest BCUT2D eigenvalue weighted by molar-refractivity contribution is 4.79. The molecular formula is C8H16O2. The monoisotopic (exact) mass is 144 g/mol. The zero-order chi connectivity index (χ0) is 7.40. The van der Waals surface area contributed by atoms with Crippen LogP contribution < -0.4 is 0 Å².